The second-order valence-electron chi connectivity index (χ2n) is 3.65. The first-order chi connectivity index (χ1) is 6.75. The zero-order valence-corrected chi connectivity index (χ0v) is 9.14. The lowest BCUT2D eigenvalue weighted by Crippen LogP contribution is -2.28. The highest BCUT2D eigenvalue weighted by Gasteiger charge is 2.18. The topological polar surface area (TPSA) is 33.2 Å². The highest BCUT2D eigenvalue weighted by atomic mass is 32.1. The quantitative estimate of drug-likeness (QED) is 0.743. The summed E-state index contributed by atoms with van der Waals surface area (Å²) in [5.74, 6) is 0.233. The molecule has 0 aromatic carbocycles. The van der Waals surface area contributed by atoms with Gasteiger partial charge in [0.05, 0.1) is 6.42 Å². The van der Waals surface area contributed by atoms with E-state index in [1.165, 1.54) is 0 Å². The SMILES string of the molecule is Cc1csc(CC(=O)N2CCCC2)n1. The van der Waals surface area contributed by atoms with Crippen LogP contribution in [0.15, 0.2) is 5.38 Å². The Morgan fingerprint density at radius 2 is 2.29 bits per heavy atom. The summed E-state index contributed by atoms with van der Waals surface area (Å²) >= 11 is 1.58. The third-order valence-corrected chi connectivity index (χ3v) is 3.39. The zero-order chi connectivity index (χ0) is 9.97. The molecule has 1 aliphatic rings. The molecule has 0 bridgehead atoms. The first kappa shape index (κ1) is 9.65. The van der Waals surface area contributed by atoms with Crippen LogP contribution < -0.4 is 0 Å². The summed E-state index contributed by atoms with van der Waals surface area (Å²) in [4.78, 5) is 18.0. The molecule has 0 atom stereocenters. The molecule has 1 aliphatic heterocycles. The van der Waals surface area contributed by atoms with Crippen LogP contribution in [0.1, 0.15) is 23.5 Å². The molecule has 2 rings (SSSR count). The number of hydrogen-bond acceptors (Lipinski definition) is 3. The Morgan fingerprint density at radius 3 is 2.86 bits per heavy atom. The predicted molar refractivity (Wildman–Crippen MR) is 56.4 cm³/mol. The van der Waals surface area contributed by atoms with Crippen LogP contribution in [0.25, 0.3) is 0 Å². The second kappa shape index (κ2) is 4.09. The molecule has 3 nitrogen and oxygen atoms in total. The molecule has 0 spiro atoms. The van der Waals surface area contributed by atoms with E-state index in [4.69, 9.17) is 0 Å². The Kier molecular flexibility index (Phi) is 2.82. The first-order valence-electron chi connectivity index (χ1n) is 4.94. The van der Waals surface area contributed by atoms with Crippen molar-refractivity contribution >= 4 is 17.2 Å². The Balaban J connectivity index is 1.93. The smallest absolute Gasteiger partial charge is 0.229 e. The fourth-order valence-corrected chi connectivity index (χ4v) is 2.45. The molecule has 1 aromatic heterocycles. The zero-order valence-electron chi connectivity index (χ0n) is 8.32. The number of carbonyl (C=O) groups excluding carboxylic acids is 1. The van der Waals surface area contributed by atoms with Crippen molar-refractivity contribution in [3.05, 3.63) is 16.1 Å². The normalized spacial score (nSPS) is 16.2. The number of amides is 1. The number of carbonyl (C=O) groups is 1. The van der Waals surface area contributed by atoms with Crippen molar-refractivity contribution in [1.29, 1.82) is 0 Å². The number of aryl methyl sites for hydroxylation is 1. The van der Waals surface area contributed by atoms with Crippen LogP contribution in [0, 0.1) is 6.92 Å². The van der Waals surface area contributed by atoms with Crippen molar-refractivity contribution in [3.8, 4) is 0 Å². The van der Waals surface area contributed by atoms with E-state index in [-0.39, 0.29) is 5.91 Å². The molecule has 4 heteroatoms. The molecule has 0 N–H and O–H groups in total. The summed E-state index contributed by atoms with van der Waals surface area (Å²) in [7, 11) is 0. The van der Waals surface area contributed by atoms with E-state index in [1.54, 1.807) is 11.3 Å². The summed E-state index contributed by atoms with van der Waals surface area (Å²) < 4.78 is 0. The molecule has 14 heavy (non-hydrogen) atoms. The van der Waals surface area contributed by atoms with Crippen molar-refractivity contribution in [1.82, 2.24) is 9.88 Å². The summed E-state index contributed by atoms with van der Waals surface area (Å²) in [6, 6.07) is 0. The molecule has 1 amide bonds. The van der Waals surface area contributed by atoms with Gasteiger partial charge >= 0.3 is 0 Å². The molecule has 0 saturated carbocycles. The van der Waals surface area contributed by atoms with Gasteiger partial charge < -0.3 is 4.90 Å². The number of likely N-dealkylation sites (tertiary alicyclic amines) is 1. The molecule has 1 saturated heterocycles. The number of thiazole rings is 1. The third-order valence-electron chi connectivity index (χ3n) is 2.43. The van der Waals surface area contributed by atoms with Gasteiger partial charge in [-0.1, -0.05) is 0 Å². The monoisotopic (exact) mass is 210 g/mol. The van der Waals surface area contributed by atoms with Crippen LogP contribution in [-0.2, 0) is 11.2 Å². The molecule has 1 aromatic rings. The number of hydrogen-bond donors (Lipinski definition) is 0. The summed E-state index contributed by atoms with van der Waals surface area (Å²) in [6.45, 7) is 3.83. The van der Waals surface area contributed by atoms with Crippen molar-refractivity contribution < 1.29 is 4.79 Å². The maximum absolute atomic E-state index is 11.7. The molecule has 2 heterocycles. The van der Waals surface area contributed by atoms with Gasteiger partial charge in [-0.3, -0.25) is 4.79 Å². The summed E-state index contributed by atoms with van der Waals surface area (Å²) in [5.41, 5.74) is 1.01. The average molecular weight is 210 g/mol. The van der Waals surface area contributed by atoms with Crippen LogP contribution in [-0.4, -0.2) is 28.9 Å². The maximum atomic E-state index is 11.7. The van der Waals surface area contributed by atoms with Crippen LogP contribution in [0.3, 0.4) is 0 Å². The Hall–Kier alpha value is -0.900. The average Bonchev–Trinajstić information content (AvgIpc) is 2.75. The molecule has 76 valence electrons. The largest absolute Gasteiger partial charge is 0.342 e. The van der Waals surface area contributed by atoms with E-state index < -0.39 is 0 Å². The molecule has 1 fully saturated rings. The Bertz CT molecular complexity index is 329. The molecule has 0 aliphatic carbocycles. The van der Waals surface area contributed by atoms with E-state index in [0.29, 0.717) is 6.42 Å². The molecule has 0 unspecified atom stereocenters. The Labute approximate surface area is 87.8 Å². The van der Waals surface area contributed by atoms with Gasteiger partial charge in [0.2, 0.25) is 5.91 Å². The van der Waals surface area contributed by atoms with E-state index in [1.807, 2.05) is 17.2 Å². The second-order valence-corrected chi connectivity index (χ2v) is 4.59. The predicted octanol–water partition coefficient (Wildman–Crippen LogP) is 1.62. The van der Waals surface area contributed by atoms with E-state index in [2.05, 4.69) is 4.98 Å². The van der Waals surface area contributed by atoms with Gasteiger partial charge in [-0.25, -0.2) is 4.98 Å². The van der Waals surface area contributed by atoms with Gasteiger partial charge in [-0.2, -0.15) is 0 Å². The first-order valence-corrected chi connectivity index (χ1v) is 5.82. The standard InChI is InChI=1S/C10H14N2OS/c1-8-7-14-9(11-8)6-10(13)12-4-2-3-5-12/h7H,2-6H2,1H3. The third kappa shape index (κ3) is 2.12. The van der Waals surface area contributed by atoms with Gasteiger partial charge in [-0.05, 0) is 19.8 Å². The molecule has 0 radical (unpaired) electrons. The van der Waals surface area contributed by atoms with Crippen LogP contribution in [0.5, 0.6) is 0 Å². The van der Waals surface area contributed by atoms with E-state index in [0.717, 1.165) is 36.6 Å². The maximum Gasteiger partial charge on any atom is 0.229 e. The van der Waals surface area contributed by atoms with Gasteiger partial charge in [-0.15, -0.1) is 11.3 Å². The van der Waals surface area contributed by atoms with Gasteiger partial charge in [0.15, 0.2) is 0 Å². The lowest BCUT2D eigenvalue weighted by Gasteiger charge is -2.13. The van der Waals surface area contributed by atoms with E-state index >= 15 is 0 Å². The summed E-state index contributed by atoms with van der Waals surface area (Å²) in [6.07, 6.45) is 2.80. The van der Waals surface area contributed by atoms with Crippen molar-refractivity contribution in [3.63, 3.8) is 0 Å². The summed E-state index contributed by atoms with van der Waals surface area (Å²) in [5, 5.41) is 2.94. The minimum atomic E-state index is 0.233. The van der Waals surface area contributed by atoms with Gasteiger partial charge in [0.1, 0.15) is 5.01 Å². The fourth-order valence-electron chi connectivity index (χ4n) is 1.69. The Morgan fingerprint density at radius 1 is 1.57 bits per heavy atom. The van der Waals surface area contributed by atoms with Crippen molar-refractivity contribution in [2.45, 2.75) is 26.2 Å². The van der Waals surface area contributed by atoms with Crippen LogP contribution in [0.4, 0.5) is 0 Å². The number of aromatic nitrogens is 1. The van der Waals surface area contributed by atoms with Crippen molar-refractivity contribution in [2.24, 2.45) is 0 Å². The highest BCUT2D eigenvalue weighted by Crippen LogP contribution is 2.13. The van der Waals surface area contributed by atoms with Crippen LogP contribution >= 0.6 is 11.3 Å². The number of nitrogens with zero attached hydrogens (tertiary/aromatic N) is 2. The van der Waals surface area contributed by atoms with Crippen molar-refractivity contribution in [2.75, 3.05) is 13.1 Å². The molecular weight excluding hydrogens is 196 g/mol. The van der Waals surface area contributed by atoms with Gasteiger partial charge in [0.25, 0.3) is 0 Å². The lowest BCUT2D eigenvalue weighted by atomic mass is 10.4. The fraction of sp³-hybridized carbons (Fsp3) is 0.600. The molecular formula is C10H14N2OS. The van der Waals surface area contributed by atoms with Gasteiger partial charge in [0, 0.05) is 24.2 Å². The van der Waals surface area contributed by atoms with E-state index in [9.17, 15) is 4.79 Å². The van der Waals surface area contributed by atoms with Crippen LogP contribution in [0.2, 0.25) is 0 Å². The highest BCUT2D eigenvalue weighted by molar-refractivity contribution is 7.09. The lowest BCUT2D eigenvalue weighted by molar-refractivity contribution is -0.129. The number of rotatable bonds is 2. The minimum Gasteiger partial charge on any atom is -0.342 e. The minimum absolute atomic E-state index is 0.233.